The molecule has 4 rings (SSSR count). The van der Waals surface area contributed by atoms with Crippen molar-refractivity contribution in [1.82, 2.24) is 9.29 Å². The number of carbonyl (C=O) groups is 1. The smallest absolute Gasteiger partial charge is 0.331 e. The Kier molecular flexibility index (Phi) is 5.39. The molecule has 0 unspecified atom stereocenters. The number of hydrogen-bond acceptors (Lipinski definition) is 4. The Bertz CT molecular complexity index is 980. The first kappa shape index (κ1) is 18.6. The van der Waals surface area contributed by atoms with E-state index in [4.69, 9.17) is 0 Å². The van der Waals surface area contributed by atoms with E-state index in [1.54, 1.807) is 4.31 Å². The molecule has 0 bridgehead atoms. The van der Waals surface area contributed by atoms with Gasteiger partial charge < -0.3 is 10.2 Å². The normalized spacial score (nSPS) is 14.9. The fourth-order valence-corrected chi connectivity index (χ4v) is 4.01. The van der Waals surface area contributed by atoms with Crippen LogP contribution in [0.2, 0.25) is 0 Å². The number of rotatable bonds is 3. The van der Waals surface area contributed by atoms with Gasteiger partial charge in [-0.1, -0.05) is 55.3 Å². The number of para-hydroxylation sites is 1. The first-order valence-corrected chi connectivity index (χ1v) is 9.97. The van der Waals surface area contributed by atoms with Gasteiger partial charge in [0.1, 0.15) is 5.82 Å². The number of carbonyl (C=O) groups excluding carboxylic acids is 1. The van der Waals surface area contributed by atoms with Gasteiger partial charge in [-0.2, -0.15) is 0 Å². The molecule has 0 saturated carbocycles. The lowest BCUT2D eigenvalue weighted by Crippen LogP contribution is -2.45. The predicted octanol–water partition coefficient (Wildman–Crippen LogP) is 4.89. The third-order valence-electron chi connectivity index (χ3n) is 5.36. The summed E-state index contributed by atoms with van der Waals surface area (Å²) in [4.78, 5) is 19.5. The minimum absolute atomic E-state index is 0.0959. The van der Waals surface area contributed by atoms with Gasteiger partial charge >= 0.3 is 6.03 Å². The van der Waals surface area contributed by atoms with Gasteiger partial charge in [-0.25, -0.2) is 9.78 Å². The maximum atomic E-state index is 12.6. The van der Waals surface area contributed by atoms with Crippen molar-refractivity contribution in [2.45, 2.75) is 25.8 Å². The second-order valence-electron chi connectivity index (χ2n) is 7.16. The van der Waals surface area contributed by atoms with E-state index >= 15 is 0 Å². The van der Waals surface area contributed by atoms with E-state index in [2.05, 4.69) is 40.1 Å². The van der Waals surface area contributed by atoms with Crippen molar-refractivity contribution < 1.29 is 4.79 Å². The summed E-state index contributed by atoms with van der Waals surface area (Å²) in [5.74, 6) is 1.02. The molecule has 2 heterocycles. The SMILES string of the molecule is Cc1ccccc1NC(=O)N(S)C1CCN(c2nccc3ccccc23)CC1. The summed E-state index contributed by atoms with van der Waals surface area (Å²) >= 11 is 4.50. The highest BCUT2D eigenvalue weighted by Gasteiger charge is 2.27. The molecule has 0 atom stereocenters. The first-order chi connectivity index (χ1) is 13.6. The molecule has 0 spiro atoms. The molecule has 1 aliphatic rings. The van der Waals surface area contributed by atoms with E-state index in [1.165, 1.54) is 10.8 Å². The first-order valence-electron chi connectivity index (χ1n) is 9.57. The minimum Gasteiger partial charge on any atom is -0.356 e. The molecule has 1 fully saturated rings. The fourth-order valence-electron chi connectivity index (χ4n) is 3.73. The van der Waals surface area contributed by atoms with E-state index in [0.717, 1.165) is 43.0 Å². The largest absolute Gasteiger partial charge is 0.356 e. The molecule has 144 valence electrons. The zero-order valence-electron chi connectivity index (χ0n) is 15.9. The summed E-state index contributed by atoms with van der Waals surface area (Å²) in [6.07, 6.45) is 3.58. The zero-order chi connectivity index (χ0) is 19.5. The molecule has 3 aromatic rings. The lowest BCUT2D eigenvalue weighted by Gasteiger charge is -2.36. The van der Waals surface area contributed by atoms with Crippen LogP contribution in [0.5, 0.6) is 0 Å². The van der Waals surface area contributed by atoms with Crippen molar-refractivity contribution in [2.75, 3.05) is 23.3 Å². The number of urea groups is 1. The highest BCUT2D eigenvalue weighted by Crippen LogP contribution is 2.28. The Morgan fingerprint density at radius 2 is 1.82 bits per heavy atom. The molecule has 6 heteroatoms. The summed E-state index contributed by atoms with van der Waals surface area (Å²) in [7, 11) is 0. The second-order valence-corrected chi connectivity index (χ2v) is 7.59. The van der Waals surface area contributed by atoms with Gasteiger partial charge in [-0.15, -0.1) is 0 Å². The van der Waals surface area contributed by atoms with Gasteiger partial charge in [0, 0.05) is 36.4 Å². The van der Waals surface area contributed by atoms with E-state index in [9.17, 15) is 4.79 Å². The van der Waals surface area contributed by atoms with Crippen LogP contribution in [0.1, 0.15) is 18.4 Å². The van der Waals surface area contributed by atoms with Crippen LogP contribution < -0.4 is 10.2 Å². The second kappa shape index (κ2) is 8.10. The standard InChI is InChI=1S/C22H24N4OS/c1-16-6-2-5-9-20(16)24-22(27)26(28)18-11-14-25(15-12-18)21-19-8-4-3-7-17(19)10-13-23-21/h2-10,13,18,28H,11-12,14-15H2,1H3,(H,24,27). The molecule has 0 radical (unpaired) electrons. The summed E-state index contributed by atoms with van der Waals surface area (Å²) in [6, 6.07) is 18.0. The number of nitrogens with zero attached hydrogens (tertiary/aromatic N) is 3. The number of thiol groups is 1. The number of amides is 2. The highest BCUT2D eigenvalue weighted by molar-refractivity contribution is 7.78. The molecule has 1 saturated heterocycles. The molecule has 2 aromatic carbocycles. The Balaban J connectivity index is 1.41. The predicted molar refractivity (Wildman–Crippen MR) is 118 cm³/mol. The van der Waals surface area contributed by atoms with Gasteiger partial charge in [0.2, 0.25) is 0 Å². The minimum atomic E-state index is -0.181. The van der Waals surface area contributed by atoms with Crippen molar-refractivity contribution in [2.24, 2.45) is 0 Å². The van der Waals surface area contributed by atoms with Crippen LogP contribution in [-0.4, -0.2) is 34.5 Å². The van der Waals surface area contributed by atoms with Crippen LogP contribution in [0.25, 0.3) is 10.8 Å². The quantitative estimate of drug-likeness (QED) is 0.624. The molecule has 1 N–H and O–H groups in total. The number of benzene rings is 2. The van der Waals surface area contributed by atoms with E-state index in [-0.39, 0.29) is 12.1 Å². The van der Waals surface area contributed by atoms with Crippen molar-refractivity contribution in [3.63, 3.8) is 0 Å². The summed E-state index contributed by atoms with van der Waals surface area (Å²) in [5, 5.41) is 5.33. The van der Waals surface area contributed by atoms with E-state index < -0.39 is 0 Å². The van der Waals surface area contributed by atoms with Gasteiger partial charge in [0.05, 0.1) is 0 Å². The summed E-state index contributed by atoms with van der Waals surface area (Å²) in [6.45, 7) is 3.68. The van der Waals surface area contributed by atoms with Crippen molar-refractivity contribution in [3.05, 3.63) is 66.4 Å². The van der Waals surface area contributed by atoms with Crippen LogP contribution >= 0.6 is 12.8 Å². The average Bonchev–Trinajstić information content (AvgIpc) is 2.74. The summed E-state index contributed by atoms with van der Waals surface area (Å²) < 4.78 is 1.54. The Morgan fingerprint density at radius 1 is 1.11 bits per heavy atom. The maximum absolute atomic E-state index is 12.6. The fraction of sp³-hybridized carbons (Fsp3) is 0.273. The molecule has 1 aromatic heterocycles. The number of piperidine rings is 1. The Hall–Kier alpha value is -2.73. The van der Waals surface area contributed by atoms with Crippen LogP contribution in [0.3, 0.4) is 0 Å². The monoisotopic (exact) mass is 392 g/mol. The van der Waals surface area contributed by atoms with Crippen LogP contribution in [0.4, 0.5) is 16.3 Å². The maximum Gasteiger partial charge on any atom is 0.331 e. The average molecular weight is 393 g/mol. The van der Waals surface area contributed by atoms with Crippen molar-refractivity contribution >= 4 is 41.1 Å². The molecular formula is C22H24N4OS. The van der Waals surface area contributed by atoms with Gasteiger partial charge in [0.15, 0.2) is 0 Å². The molecule has 0 aliphatic carbocycles. The van der Waals surface area contributed by atoms with Crippen LogP contribution in [-0.2, 0) is 0 Å². The molecule has 2 amide bonds. The topological polar surface area (TPSA) is 48.5 Å². The van der Waals surface area contributed by atoms with E-state index in [0.29, 0.717) is 0 Å². The Labute approximate surface area is 170 Å². The van der Waals surface area contributed by atoms with Gasteiger partial charge in [-0.05, 0) is 42.8 Å². The number of pyridine rings is 1. The van der Waals surface area contributed by atoms with Crippen LogP contribution in [0, 0.1) is 6.92 Å². The third kappa shape index (κ3) is 3.78. The number of fused-ring (bicyclic) bond motifs is 1. The van der Waals surface area contributed by atoms with Crippen molar-refractivity contribution in [1.29, 1.82) is 0 Å². The number of aryl methyl sites for hydroxylation is 1. The molecule has 1 aliphatic heterocycles. The number of aromatic nitrogens is 1. The molecular weight excluding hydrogens is 368 g/mol. The van der Waals surface area contributed by atoms with Gasteiger partial charge in [0.25, 0.3) is 0 Å². The highest BCUT2D eigenvalue weighted by atomic mass is 32.1. The zero-order valence-corrected chi connectivity index (χ0v) is 16.8. The lowest BCUT2D eigenvalue weighted by molar-refractivity contribution is 0.223. The third-order valence-corrected chi connectivity index (χ3v) is 5.87. The number of anilines is 2. The Morgan fingerprint density at radius 3 is 2.61 bits per heavy atom. The van der Waals surface area contributed by atoms with Crippen molar-refractivity contribution in [3.8, 4) is 0 Å². The number of nitrogens with one attached hydrogen (secondary N) is 1. The molecule has 5 nitrogen and oxygen atoms in total. The lowest BCUT2D eigenvalue weighted by atomic mass is 10.0. The van der Waals surface area contributed by atoms with E-state index in [1.807, 2.05) is 55.6 Å². The summed E-state index contributed by atoms with van der Waals surface area (Å²) in [5.41, 5.74) is 1.86. The number of hydrogen-bond donors (Lipinski definition) is 2. The van der Waals surface area contributed by atoms with Gasteiger partial charge in [-0.3, -0.25) is 4.31 Å². The van der Waals surface area contributed by atoms with Crippen LogP contribution in [0.15, 0.2) is 60.8 Å². The molecule has 28 heavy (non-hydrogen) atoms.